The highest BCUT2D eigenvalue weighted by Crippen LogP contribution is 2.27. The molecule has 9 nitrogen and oxygen atoms in total. The Hall–Kier alpha value is -3.59. The van der Waals surface area contributed by atoms with Gasteiger partial charge in [0, 0.05) is 48.4 Å². The van der Waals surface area contributed by atoms with Crippen LogP contribution in [-0.4, -0.2) is 63.6 Å². The van der Waals surface area contributed by atoms with Crippen LogP contribution in [-0.2, 0) is 17.6 Å². The average molecular weight is 432 g/mol. The van der Waals surface area contributed by atoms with Crippen LogP contribution in [0.3, 0.4) is 0 Å². The van der Waals surface area contributed by atoms with Crippen LogP contribution in [0, 0.1) is 0 Å². The number of nitrogens with one attached hydrogen (secondary N) is 2. The van der Waals surface area contributed by atoms with Gasteiger partial charge in [-0.1, -0.05) is 12.1 Å². The largest absolute Gasteiger partial charge is 0.368 e. The van der Waals surface area contributed by atoms with Gasteiger partial charge in [-0.25, -0.2) is 0 Å². The normalized spacial score (nSPS) is 17.8. The van der Waals surface area contributed by atoms with Crippen LogP contribution in [0.5, 0.6) is 0 Å². The molecule has 32 heavy (non-hydrogen) atoms. The summed E-state index contributed by atoms with van der Waals surface area (Å²) in [6.45, 7) is 1.44. The highest BCUT2D eigenvalue weighted by molar-refractivity contribution is 5.94. The molecule has 2 aliphatic rings. The highest BCUT2D eigenvalue weighted by Gasteiger charge is 2.31. The molecule has 164 valence electrons. The second-order valence-corrected chi connectivity index (χ2v) is 7.98. The third-order valence-corrected chi connectivity index (χ3v) is 6.04. The molecule has 0 unspecified atom stereocenters. The number of ether oxygens (including phenoxy) is 1. The zero-order chi connectivity index (χ0) is 22.1. The van der Waals surface area contributed by atoms with Crippen LogP contribution in [0.4, 0.5) is 0 Å². The van der Waals surface area contributed by atoms with Crippen LogP contribution in [0.15, 0.2) is 36.7 Å². The maximum Gasteiger partial charge on any atom is 0.274 e. The van der Waals surface area contributed by atoms with Crippen LogP contribution in [0.1, 0.15) is 50.5 Å². The molecule has 2 N–H and O–H groups in total. The number of pyridine rings is 2. The van der Waals surface area contributed by atoms with E-state index in [1.165, 1.54) is 0 Å². The molecule has 0 saturated carbocycles. The Morgan fingerprint density at radius 1 is 1.12 bits per heavy atom. The number of morpholine rings is 1. The van der Waals surface area contributed by atoms with E-state index in [-0.39, 0.29) is 17.9 Å². The Labute approximate surface area is 185 Å². The second-order valence-electron chi connectivity index (χ2n) is 7.98. The van der Waals surface area contributed by atoms with Crippen molar-refractivity contribution >= 4 is 11.8 Å². The number of aromatic nitrogens is 4. The van der Waals surface area contributed by atoms with Crippen molar-refractivity contribution in [2.75, 3.05) is 26.7 Å². The summed E-state index contributed by atoms with van der Waals surface area (Å²) >= 11 is 0. The van der Waals surface area contributed by atoms with E-state index in [4.69, 9.17) is 4.74 Å². The summed E-state index contributed by atoms with van der Waals surface area (Å²) < 4.78 is 5.91. The maximum absolute atomic E-state index is 13.1. The molecule has 1 atom stereocenters. The Morgan fingerprint density at radius 3 is 2.66 bits per heavy atom. The van der Waals surface area contributed by atoms with Crippen molar-refractivity contribution in [1.82, 2.24) is 30.4 Å². The number of fused-ring (bicyclic) bond motifs is 1. The molecule has 2 amide bonds. The first-order chi connectivity index (χ1) is 15.6. The van der Waals surface area contributed by atoms with E-state index in [1.54, 1.807) is 30.4 Å². The Morgan fingerprint density at radius 2 is 1.94 bits per heavy atom. The number of aromatic amines is 1. The fourth-order valence-electron chi connectivity index (χ4n) is 4.25. The molecule has 0 aromatic carbocycles. The molecule has 0 bridgehead atoms. The summed E-state index contributed by atoms with van der Waals surface area (Å²) in [6.07, 6.45) is 6.06. The highest BCUT2D eigenvalue weighted by atomic mass is 16.5. The smallest absolute Gasteiger partial charge is 0.274 e. The van der Waals surface area contributed by atoms with Gasteiger partial charge in [-0.05, 0) is 31.4 Å². The fraction of sp³-hybridized carbons (Fsp3) is 0.348. The van der Waals surface area contributed by atoms with Crippen molar-refractivity contribution in [3.8, 4) is 11.1 Å². The van der Waals surface area contributed by atoms with Crippen molar-refractivity contribution < 1.29 is 14.3 Å². The summed E-state index contributed by atoms with van der Waals surface area (Å²) in [5, 5.41) is 9.85. The SMILES string of the molecule is CNC(=O)c1ccc(-c2ccc([C@@H]3CN(C(=O)c4n[nH]c5c4CCC5)CCO3)nc2)cn1. The lowest BCUT2D eigenvalue weighted by Gasteiger charge is -2.32. The molecule has 1 aliphatic carbocycles. The molecular formula is C23H24N6O3. The van der Waals surface area contributed by atoms with Gasteiger partial charge >= 0.3 is 0 Å². The third kappa shape index (κ3) is 3.75. The molecule has 1 aliphatic heterocycles. The molecule has 1 saturated heterocycles. The minimum Gasteiger partial charge on any atom is -0.368 e. The summed E-state index contributed by atoms with van der Waals surface area (Å²) in [5.74, 6) is -0.269. The van der Waals surface area contributed by atoms with Gasteiger partial charge in [0.15, 0.2) is 5.69 Å². The topological polar surface area (TPSA) is 113 Å². The van der Waals surface area contributed by atoms with Crippen LogP contribution >= 0.6 is 0 Å². The molecule has 0 radical (unpaired) electrons. The van der Waals surface area contributed by atoms with Gasteiger partial charge < -0.3 is 15.0 Å². The lowest BCUT2D eigenvalue weighted by molar-refractivity contribution is -0.0249. The third-order valence-electron chi connectivity index (χ3n) is 6.04. The molecule has 5 rings (SSSR count). The fourth-order valence-corrected chi connectivity index (χ4v) is 4.25. The van der Waals surface area contributed by atoms with Crippen molar-refractivity contribution in [2.45, 2.75) is 25.4 Å². The van der Waals surface area contributed by atoms with Gasteiger partial charge in [0.25, 0.3) is 11.8 Å². The van der Waals surface area contributed by atoms with Gasteiger partial charge in [0.05, 0.1) is 18.8 Å². The summed E-state index contributed by atoms with van der Waals surface area (Å²) in [6, 6.07) is 7.38. The number of carbonyl (C=O) groups excluding carboxylic acids is 2. The first-order valence-corrected chi connectivity index (χ1v) is 10.8. The lowest BCUT2D eigenvalue weighted by Crippen LogP contribution is -2.42. The number of aryl methyl sites for hydroxylation is 1. The van der Waals surface area contributed by atoms with Gasteiger partial charge in [-0.15, -0.1) is 0 Å². The number of nitrogens with zero attached hydrogens (tertiary/aromatic N) is 4. The molecule has 9 heteroatoms. The number of carbonyl (C=O) groups is 2. The van der Waals surface area contributed by atoms with Crippen molar-refractivity contribution in [3.05, 3.63) is 65.0 Å². The molecular weight excluding hydrogens is 408 g/mol. The van der Waals surface area contributed by atoms with Gasteiger partial charge in [0.2, 0.25) is 0 Å². The predicted octanol–water partition coefficient (Wildman–Crippen LogP) is 1.93. The molecule has 3 aromatic rings. The van der Waals surface area contributed by atoms with E-state index in [9.17, 15) is 9.59 Å². The van der Waals surface area contributed by atoms with E-state index in [0.717, 1.165) is 47.3 Å². The maximum atomic E-state index is 13.1. The van der Waals surface area contributed by atoms with E-state index >= 15 is 0 Å². The summed E-state index contributed by atoms with van der Waals surface area (Å²) in [5.41, 5.74) is 5.60. The number of H-pyrrole nitrogens is 1. The summed E-state index contributed by atoms with van der Waals surface area (Å²) in [7, 11) is 1.57. The zero-order valence-corrected chi connectivity index (χ0v) is 17.8. The van der Waals surface area contributed by atoms with E-state index in [0.29, 0.717) is 31.1 Å². The molecule has 0 spiro atoms. The van der Waals surface area contributed by atoms with Gasteiger partial charge in [0.1, 0.15) is 11.8 Å². The molecule has 1 fully saturated rings. The number of hydrogen-bond acceptors (Lipinski definition) is 6. The van der Waals surface area contributed by atoms with Crippen LogP contribution in [0.25, 0.3) is 11.1 Å². The Kier molecular flexibility index (Phi) is 5.40. The first-order valence-electron chi connectivity index (χ1n) is 10.8. The Balaban J connectivity index is 1.28. The molecule has 3 aromatic heterocycles. The predicted molar refractivity (Wildman–Crippen MR) is 116 cm³/mol. The number of rotatable bonds is 4. The minimum absolute atomic E-state index is 0.0448. The van der Waals surface area contributed by atoms with Crippen molar-refractivity contribution in [1.29, 1.82) is 0 Å². The van der Waals surface area contributed by atoms with Crippen LogP contribution < -0.4 is 5.32 Å². The number of amides is 2. The lowest BCUT2D eigenvalue weighted by atomic mass is 10.1. The number of hydrogen-bond donors (Lipinski definition) is 2. The standard InChI is InChI=1S/C23H24N6O3/c1-24-22(30)19-8-6-15(12-26-19)14-5-7-18(25-11-14)20-13-29(9-10-32-20)23(31)21-16-3-2-4-17(16)27-28-21/h5-8,11-12,20H,2-4,9-10,13H2,1H3,(H,24,30)(H,27,28)/t20-/m0/s1. The molecule has 4 heterocycles. The second kappa shape index (κ2) is 8.51. The first kappa shape index (κ1) is 20.3. The van der Waals surface area contributed by atoms with Crippen molar-refractivity contribution in [2.24, 2.45) is 0 Å². The Bertz CT molecular complexity index is 1140. The van der Waals surface area contributed by atoms with E-state index in [1.807, 2.05) is 18.2 Å². The average Bonchev–Trinajstić information content (AvgIpc) is 3.48. The van der Waals surface area contributed by atoms with Gasteiger partial charge in [-0.3, -0.25) is 24.7 Å². The monoisotopic (exact) mass is 432 g/mol. The van der Waals surface area contributed by atoms with Gasteiger partial charge in [-0.2, -0.15) is 5.10 Å². The van der Waals surface area contributed by atoms with Crippen molar-refractivity contribution in [3.63, 3.8) is 0 Å². The van der Waals surface area contributed by atoms with E-state index in [2.05, 4.69) is 25.5 Å². The quantitative estimate of drug-likeness (QED) is 0.651. The van der Waals surface area contributed by atoms with E-state index < -0.39 is 0 Å². The summed E-state index contributed by atoms with van der Waals surface area (Å²) in [4.78, 5) is 35.3. The zero-order valence-electron chi connectivity index (χ0n) is 17.8. The van der Waals surface area contributed by atoms with Crippen LogP contribution in [0.2, 0.25) is 0 Å². The minimum atomic E-state index is -0.289.